The van der Waals surface area contributed by atoms with Crippen molar-refractivity contribution in [2.24, 2.45) is 0 Å². The van der Waals surface area contributed by atoms with Crippen molar-refractivity contribution >= 4 is 5.78 Å². The van der Waals surface area contributed by atoms with Crippen LogP contribution in [0.2, 0.25) is 0 Å². The molecule has 19 heavy (non-hydrogen) atoms. The third-order valence-electron chi connectivity index (χ3n) is 3.87. The second-order valence-electron chi connectivity index (χ2n) is 5.93. The number of carbonyl (C=O) groups excluding carboxylic acids is 1. The number of Topliss-reactive ketones (excluding diaryl/α,β-unsaturated/α-hetero) is 1. The SMILES string of the molecule is CCCCCCCCCCC(=O)CCCCCCC. The van der Waals surface area contributed by atoms with Gasteiger partial charge in [-0.05, 0) is 12.8 Å². The number of carbonyl (C=O) groups is 1. The van der Waals surface area contributed by atoms with E-state index in [0.29, 0.717) is 5.78 Å². The Hall–Kier alpha value is -0.330. The molecule has 0 aromatic rings. The van der Waals surface area contributed by atoms with Gasteiger partial charge in [0.25, 0.3) is 0 Å². The first-order chi connectivity index (χ1) is 9.31. The van der Waals surface area contributed by atoms with Crippen LogP contribution >= 0.6 is 0 Å². The Morgan fingerprint density at radius 2 is 0.842 bits per heavy atom. The van der Waals surface area contributed by atoms with Crippen molar-refractivity contribution in [3.63, 3.8) is 0 Å². The fourth-order valence-electron chi connectivity index (χ4n) is 2.51. The summed E-state index contributed by atoms with van der Waals surface area (Å²) in [5, 5.41) is 0. The predicted octanol–water partition coefficient (Wildman–Crippen LogP) is 6.45. The summed E-state index contributed by atoms with van der Waals surface area (Å²) >= 11 is 0. The second kappa shape index (κ2) is 15.7. The van der Waals surface area contributed by atoms with Crippen LogP contribution in [-0.2, 0) is 4.79 Å². The van der Waals surface area contributed by atoms with Crippen molar-refractivity contribution in [1.29, 1.82) is 0 Å². The molecule has 0 saturated carbocycles. The summed E-state index contributed by atoms with van der Waals surface area (Å²) in [6, 6.07) is 0. The van der Waals surface area contributed by atoms with Crippen molar-refractivity contribution in [3.8, 4) is 0 Å². The molecule has 0 radical (unpaired) electrons. The van der Waals surface area contributed by atoms with Crippen LogP contribution in [0.4, 0.5) is 0 Å². The van der Waals surface area contributed by atoms with Crippen LogP contribution in [0.5, 0.6) is 0 Å². The normalized spacial score (nSPS) is 10.8. The first kappa shape index (κ1) is 18.7. The van der Waals surface area contributed by atoms with Crippen LogP contribution in [0.25, 0.3) is 0 Å². The van der Waals surface area contributed by atoms with E-state index < -0.39 is 0 Å². The van der Waals surface area contributed by atoms with Gasteiger partial charge in [-0.25, -0.2) is 0 Å². The number of rotatable bonds is 15. The maximum atomic E-state index is 11.6. The van der Waals surface area contributed by atoms with E-state index in [9.17, 15) is 4.79 Å². The highest BCUT2D eigenvalue weighted by Crippen LogP contribution is 2.11. The highest BCUT2D eigenvalue weighted by molar-refractivity contribution is 5.78. The predicted molar refractivity (Wildman–Crippen MR) is 85.6 cm³/mol. The largest absolute Gasteiger partial charge is 0.300 e. The fraction of sp³-hybridized carbons (Fsp3) is 0.944. The zero-order valence-electron chi connectivity index (χ0n) is 13.5. The molecular weight excluding hydrogens is 232 g/mol. The lowest BCUT2D eigenvalue weighted by atomic mass is 10.0. The molecule has 0 aromatic carbocycles. The van der Waals surface area contributed by atoms with Gasteiger partial charge in [0.15, 0.2) is 0 Å². The van der Waals surface area contributed by atoms with Gasteiger partial charge >= 0.3 is 0 Å². The Labute approximate surface area is 121 Å². The Bertz CT molecular complexity index is 186. The van der Waals surface area contributed by atoms with Crippen LogP contribution < -0.4 is 0 Å². The van der Waals surface area contributed by atoms with Crippen molar-refractivity contribution in [1.82, 2.24) is 0 Å². The summed E-state index contributed by atoms with van der Waals surface area (Å²) in [5.41, 5.74) is 0. The van der Waals surface area contributed by atoms with Crippen molar-refractivity contribution in [2.45, 2.75) is 110 Å². The molecule has 0 rings (SSSR count). The van der Waals surface area contributed by atoms with E-state index in [0.717, 1.165) is 25.7 Å². The lowest BCUT2D eigenvalue weighted by Gasteiger charge is -2.02. The minimum atomic E-state index is 0.502. The molecule has 1 heteroatoms. The molecule has 0 aromatic heterocycles. The zero-order chi connectivity index (χ0) is 14.2. The summed E-state index contributed by atoms with van der Waals surface area (Å²) in [6.45, 7) is 4.49. The average molecular weight is 268 g/mol. The number of unbranched alkanes of at least 4 members (excludes halogenated alkanes) is 11. The third-order valence-corrected chi connectivity index (χ3v) is 3.87. The third kappa shape index (κ3) is 15.6. The summed E-state index contributed by atoms with van der Waals surface area (Å²) < 4.78 is 0. The average Bonchev–Trinajstić information content (AvgIpc) is 2.41. The van der Waals surface area contributed by atoms with Crippen LogP contribution in [-0.4, -0.2) is 5.78 Å². The molecule has 0 unspecified atom stereocenters. The lowest BCUT2D eigenvalue weighted by Crippen LogP contribution is -1.97. The van der Waals surface area contributed by atoms with Gasteiger partial charge in [-0.3, -0.25) is 4.79 Å². The summed E-state index contributed by atoms with van der Waals surface area (Å²) in [4.78, 5) is 11.6. The van der Waals surface area contributed by atoms with E-state index >= 15 is 0 Å². The topological polar surface area (TPSA) is 17.1 Å². The molecule has 0 amide bonds. The molecule has 0 bridgehead atoms. The summed E-state index contributed by atoms with van der Waals surface area (Å²) in [7, 11) is 0. The van der Waals surface area contributed by atoms with E-state index in [2.05, 4.69) is 13.8 Å². The van der Waals surface area contributed by atoms with Crippen LogP contribution in [0.1, 0.15) is 110 Å². The first-order valence-corrected chi connectivity index (χ1v) is 8.83. The van der Waals surface area contributed by atoms with E-state index in [1.807, 2.05) is 0 Å². The molecule has 0 spiro atoms. The highest BCUT2D eigenvalue weighted by Gasteiger charge is 2.01. The van der Waals surface area contributed by atoms with E-state index in [-0.39, 0.29) is 0 Å². The van der Waals surface area contributed by atoms with E-state index in [4.69, 9.17) is 0 Å². The standard InChI is InChI=1S/C18H36O/c1-3-5-7-9-10-11-13-15-17-18(19)16-14-12-8-6-4-2/h3-17H2,1-2H3. The molecule has 0 heterocycles. The van der Waals surface area contributed by atoms with Gasteiger partial charge < -0.3 is 0 Å². The fourth-order valence-corrected chi connectivity index (χ4v) is 2.51. The van der Waals surface area contributed by atoms with Gasteiger partial charge in [0.05, 0.1) is 0 Å². The number of hydrogen-bond acceptors (Lipinski definition) is 1. The van der Waals surface area contributed by atoms with E-state index in [1.165, 1.54) is 70.6 Å². The van der Waals surface area contributed by atoms with Gasteiger partial charge in [-0.2, -0.15) is 0 Å². The van der Waals surface area contributed by atoms with Crippen molar-refractivity contribution in [3.05, 3.63) is 0 Å². The Kier molecular flexibility index (Phi) is 15.5. The maximum Gasteiger partial charge on any atom is 0.132 e. The minimum Gasteiger partial charge on any atom is -0.300 e. The Balaban J connectivity index is 3.12. The van der Waals surface area contributed by atoms with Gasteiger partial charge in [0.1, 0.15) is 5.78 Å². The molecule has 114 valence electrons. The monoisotopic (exact) mass is 268 g/mol. The molecule has 0 aliphatic heterocycles. The quantitative estimate of drug-likeness (QED) is 0.312. The summed E-state index contributed by atoms with van der Waals surface area (Å²) in [5.74, 6) is 0.502. The molecule has 0 N–H and O–H groups in total. The van der Waals surface area contributed by atoms with Crippen LogP contribution in [0.3, 0.4) is 0 Å². The minimum absolute atomic E-state index is 0.502. The maximum absolute atomic E-state index is 11.6. The molecule has 1 nitrogen and oxygen atoms in total. The van der Waals surface area contributed by atoms with Gasteiger partial charge in [-0.15, -0.1) is 0 Å². The smallest absolute Gasteiger partial charge is 0.132 e. The van der Waals surface area contributed by atoms with Crippen LogP contribution in [0, 0.1) is 0 Å². The molecular formula is C18H36O. The molecule has 0 aliphatic rings. The first-order valence-electron chi connectivity index (χ1n) is 8.83. The van der Waals surface area contributed by atoms with Crippen LogP contribution in [0.15, 0.2) is 0 Å². The molecule has 0 atom stereocenters. The van der Waals surface area contributed by atoms with Gasteiger partial charge in [-0.1, -0.05) is 84.5 Å². The number of hydrogen-bond donors (Lipinski definition) is 0. The Morgan fingerprint density at radius 1 is 0.526 bits per heavy atom. The zero-order valence-corrected chi connectivity index (χ0v) is 13.5. The summed E-state index contributed by atoms with van der Waals surface area (Å²) in [6.07, 6.45) is 18.5. The number of ketones is 1. The lowest BCUT2D eigenvalue weighted by molar-refractivity contribution is -0.119. The van der Waals surface area contributed by atoms with E-state index in [1.54, 1.807) is 0 Å². The Morgan fingerprint density at radius 3 is 1.21 bits per heavy atom. The molecule has 0 saturated heterocycles. The molecule has 0 aliphatic carbocycles. The van der Waals surface area contributed by atoms with Gasteiger partial charge in [0, 0.05) is 12.8 Å². The van der Waals surface area contributed by atoms with Crippen molar-refractivity contribution < 1.29 is 4.79 Å². The second-order valence-corrected chi connectivity index (χ2v) is 5.93. The van der Waals surface area contributed by atoms with Crippen molar-refractivity contribution in [2.75, 3.05) is 0 Å². The molecule has 0 fully saturated rings. The van der Waals surface area contributed by atoms with Gasteiger partial charge in [0.2, 0.25) is 0 Å². The highest BCUT2D eigenvalue weighted by atomic mass is 16.1.